The van der Waals surface area contributed by atoms with Crippen molar-refractivity contribution in [2.45, 2.75) is 49.8 Å². The molecule has 148 valence electrons. The van der Waals surface area contributed by atoms with Gasteiger partial charge >= 0.3 is 0 Å². The molecule has 2 aliphatic heterocycles. The Kier molecular flexibility index (Phi) is 9.61. The molecule has 3 rings (SSSR count). The summed E-state index contributed by atoms with van der Waals surface area (Å²) in [4.78, 5) is 3.42. The van der Waals surface area contributed by atoms with Crippen molar-refractivity contribution in [3.05, 3.63) is 24.3 Å². The largest absolute Gasteiger partial charge is 0.492 e. The molecule has 26 heavy (non-hydrogen) atoms. The average Bonchev–Trinajstić information content (AvgIpc) is 2.66. The third kappa shape index (κ3) is 6.34. The van der Waals surface area contributed by atoms with Crippen LogP contribution in [0.4, 0.5) is 0 Å². The molecule has 2 heterocycles. The SMILES string of the molecule is CC.CCCCN1CCNC(COc2ccc(S(=O)C3CNC3)cc2)C1. The normalized spacial score (nSPS) is 22.0. The minimum atomic E-state index is -0.903. The second kappa shape index (κ2) is 11.7. The number of benzene rings is 1. The highest BCUT2D eigenvalue weighted by atomic mass is 32.2. The summed E-state index contributed by atoms with van der Waals surface area (Å²) in [7, 11) is -0.903. The Labute approximate surface area is 161 Å². The Balaban J connectivity index is 0.00000117. The van der Waals surface area contributed by atoms with Crippen LogP contribution >= 0.6 is 0 Å². The van der Waals surface area contributed by atoms with Gasteiger partial charge in [0.2, 0.25) is 0 Å². The first-order valence-corrected chi connectivity index (χ1v) is 11.3. The lowest BCUT2D eigenvalue weighted by Crippen LogP contribution is -2.53. The van der Waals surface area contributed by atoms with E-state index in [0.29, 0.717) is 12.6 Å². The zero-order valence-corrected chi connectivity index (χ0v) is 17.3. The van der Waals surface area contributed by atoms with Crippen molar-refractivity contribution in [1.29, 1.82) is 0 Å². The van der Waals surface area contributed by atoms with Crippen molar-refractivity contribution in [2.75, 3.05) is 45.9 Å². The Bertz CT molecular complexity index is 534. The van der Waals surface area contributed by atoms with E-state index in [1.54, 1.807) is 0 Å². The zero-order chi connectivity index (χ0) is 18.8. The van der Waals surface area contributed by atoms with Gasteiger partial charge in [0.1, 0.15) is 12.4 Å². The van der Waals surface area contributed by atoms with Crippen molar-refractivity contribution in [1.82, 2.24) is 15.5 Å². The highest BCUT2D eigenvalue weighted by Gasteiger charge is 2.24. The van der Waals surface area contributed by atoms with Crippen LogP contribution in [-0.2, 0) is 10.8 Å². The number of rotatable bonds is 8. The van der Waals surface area contributed by atoms with Crippen molar-refractivity contribution in [3.63, 3.8) is 0 Å². The lowest BCUT2D eigenvalue weighted by atomic mass is 10.2. The first-order chi connectivity index (χ1) is 12.8. The maximum Gasteiger partial charge on any atom is 0.119 e. The van der Waals surface area contributed by atoms with Gasteiger partial charge in [0, 0.05) is 37.6 Å². The van der Waals surface area contributed by atoms with E-state index < -0.39 is 10.8 Å². The Morgan fingerprint density at radius 3 is 2.58 bits per heavy atom. The first kappa shape index (κ1) is 21.4. The molecule has 2 atom stereocenters. The molecule has 2 N–H and O–H groups in total. The summed E-state index contributed by atoms with van der Waals surface area (Å²) in [5.41, 5.74) is 0. The molecule has 6 heteroatoms. The lowest BCUT2D eigenvalue weighted by molar-refractivity contribution is 0.156. The van der Waals surface area contributed by atoms with Crippen LogP contribution in [0.2, 0.25) is 0 Å². The fourth-order valence-electron chi connectivity index (χ4n) is 3.06. The first-order valence-electron chi connectivity index (χ1n) is 10.1. The fraction of sp³-hybridized carbons (Fsp3) is 0.700. The average molecular weight is 382 g/mol. The number of hydrogen-bond acceptors (Lipinski definition) is 5. The third-order valence-corrected chi connectivity index (χ3v) is 6.40. The van der Waals surface area contributed by atoms with Crippen molar-refractivity contribution in [2.24, 2.45) is 0 Å². The van der Waals surface area contributed by atoms with Crippen LogP contribution in [0.25, 0.3) is 0 Å². The van der Waals surface area contributed by atoms with Gasteiger partial charge in [0.05, 0.1) is 22.1 Å². The van der Waals surface area contributed by atoms with E-state index in [-0.39, 0.29) is 5.25 Å². The summed E-state index contributed by atoms with van der Waals surface area (Å²) < 4.78 is 18.2. The van der Waals surface area contributed by atoms with Gasteiger partial charge in [-0.2, -0.15) is 0 Å². The molecule has 2 saturated heterocycles. The van der Waals surface area contributed by atoms with Crippen LogP contribution in [0.3, 0.4) is 0 Å². The summed E-state index contributed by atoms with van der Waals surface area (Å²) >= 11 is 0. The maximum absolute atomic E-state index is 12.3. The van der Waals surface area contributed by atoms with Crippen LogP contribution in [-0.4, -0.2) is 66.3 Å². The standard InChI is InChI=1S/C18H29N3O2S.C2H6/c1-2-3-9-21-10-8-20-15(13-21)14-23-16-4-6-17(7-5-16)24(22)18-11-19-12-18;1-2/h4-7,15,18-20H,2-3,8-14H2,1H3;1-2H3. The Morgan fingerprint density at radius 2 is 1.96 bits per heavy atom. The quantitative estimate of drug-likeness (QED) is 0.723. The molecule has 1 aromatic rings. The molecule has 5 nitrogen and oxygen atoms in total. The number of ether oxygens (including phenoxy) is 1. The molecule has 0 bridgehead atoms. The third-order valence-electron chi connectivity index (χ3n) is 4.72. The van der Waals surface area contributed by atoms with E-state index in [4.69, 9.17) is 4.74 Å². The fourth-order valence-corrected chi connectivity index (χ4v) is 4.39. The van der Waals surface area contributed by atoms with Gasteiger partial charge in [0.15, 0.2) is 0 Å². The smallest absolute Gasteiger partial charge is 0.119 e. The number of unbranched alkanes of at least 4 members (excludes halogenated alkanes) is 1. The van der Waals surface area contributed by atoms with Gasteiger partial charge in [0.25, 0.3) is 0 Å². The van der Waals surface area contributed by atoms with Crippen molar-refractivity contribution < 1.29 is 8.95 Å². The molecule has 0 aromatic heterocycles. The van der Waals surface area contributed by atoms with Crippen LogP contribution in [0.1, 0.15) is 33.6 Å². The summed E-state index contributed by atoms with van der Waals surface area (Å²) in [6.45, 7) is 13.0. The van der Waals surface area contributed by atoms with Crippen LogP contribution < -0.4 is 15.4 Å². The summed E-state index contributed by atoms with van der Waals surface area (Å²) in [6, 6.07) is 8.14. The highest BCUT2D eigenvalue weighted by Crippen LogP contribution is 2.19. The molecule has 2 aliphatic rings. The zero-order valence-electron chi connectivity index (χ0n) is 16.5. The molecule has 0 saturated carbocycles. The Hall–Kier alpha value is -0.950. The molecule has 2 unspecified atom stereocenters. The maximum atomic E-state index is 12.3. The van der Waals surface area contributed by atoms with E-state index in [9.17, 15) is 4.21 Å². The number of hydrogen-bond donors (Lipinski definition) is 2. The monoisotopic (exact) mass is 381 g/mol. The van der Waals surface area contributed by atoms with Gasteiger partial charge in [-0.15, -0.1) is 0 Å². The van der Waals surface area contributed by atoms with Crippen molar-refractivity contribution in [3.8, 4) is 5.75 Å². The van der Waals surface area contributed by atoms with E-state index in [0.717, 1.165) is 43.4 Å². The van der Waals surface area contributed by atoms with Gasteiger partial charge < -0.3 is 20.3 Å². The van der Waals surface area contributed by atoms with Crippen molar-refractivity contribution >= 4 is 10.8 Å². The highest BCUT2D eigenvalue weighted by molar-refractivity contribution is 7.85. The molecule has 0 aliphatic carbocycles. The van der Waals surface area contributed by atoms with E-state index in [2.05, 4.69) is 22.5 Å². The molecule has 0 radical (unpaired) electrons. The second-order valence-corrected chi connectivity index (χ2v) is 8.40. The Morgan fingerprint density at radius 1 is 1.23 bits per heavy atom. The number of nitrogens with one attached hydrogen (secondary N) is 2. The summed E-state index contributed by atoms with van der Waals surface area (Å²) in [6.07, 6.45) is 2.51. The molecule has 2 fully saturated rings. The van der Waals surface area contributed by atoms with Gasteiger partial charge in [-0.1, -0.05) is 27.2 Å². The predicted octanol–water partition coefficient (Wildman–Crippen LogP) is 2.24. The van der Waals surface area contributed by atoms with E-state index in [1.165, 1.54) is 19.4 Å². The molecule has 0 spiro atoms. The van der Waals surface area contributed by atoms with Gasteiger partial charge in [-0.3, -0.25) is 4.21 Å². The topological polar surface area (TPSA) is 53.6 Å². The molecular weight excluding hydrogens is 346 g/mol. The number of piperazine rings is 1. The summed E-state index contributed by atoms with van der Waals surface area (Å²) in [5, 5.41) is 6.96. The second-order valence-electron chi connectivity index (χ2n) is 6.67. The van der Waals surface area contributed by atoms with E-state index >= 15 is 0 Å². The van der Waals surface area contributed by atoms with Crippen LogP contribution in [0.15, 0.2) is 29.2 Å². The van der Waals surface area contributed by atoms with E-state index in [1.807, 2.05) is 38.1 Å². The predicted molar refractivity (Wildman–Crippen MR) is 109 cm³/mol. The van der Waals surface area contributed by atoms with Gasteiger partial charge in [-0.05, 0) is 37.2 Å². The molecular formula is C20H35N3O2S. The number of nitrogens with zero attached hydrogens (tertiary/aromatic N) is 1. The lowest BCUT2D eigenvalue weighted by Gasteiger charge is -2.33. The molecule has 1 aromatic carbocycles. The van der Waals surface area contributed by atoms with Crippen LogP contribution in [0.5, 0.6) is 5.75 Å². The van der Waals surface area contributed by atoms with Crippen LogP contribution in [0, 0.1) is 0 Å². The van der Waals surface area contributed by atoms with Gasteiger partial charge in [-0.25, -0.2) is 0 Å². The minimum absolute atomic E-state index is 0.261. The summed E-state index contributed by atoms with van der Waals surface area (Å²) in [5.74, 6) is 0.856. The molecule has 0 amide bonds. The minimum Gasteiger partial charge on any atom is -0.492 e.